The number of aliphatic hydroxyl groups excluding tert-OH is 6. The smallest absolute Gasteiger partial charge is 0.232 e. The van der Waals surface area contributed by atoms with Crippen molar-refractivity contribution in [1.82, 2.24) is 5.32 Å². The van der Waals surface area contributed by atoms with Crippen LogP contribution in [0.15, 0.2) is 60.7 Å². The highest BCUT2D eigenvalue weighted by molar-refractivity contribution is 5.87. The molecule has 8 atom stereocenters. The van der Waals surface area contributed by atoms with Crippen LogP contribution in [0.5, 0.6) is 0 Å². The summed E-state index contributed by atoms with van der Waals surface area (Å²) in [5.74, 6) is -1.14. The zero-order chi connectivity index (χ0) is 34.7. The van der Waals surface area contributed by atoms with Crippen molar-refractivity contribution in [3.05, 3.63) is 71.8 Å². The van der Waals surface area contributed by atoms with Gasteiger partial charge in [-0.25, -0.2) is 0 Å². The molecule has 1 fully saturated rings. The first-order chi connectivity index (χ1) is 23.3. The highest BCUT2D eigenvalue weighted by Crippen LogP contribution is 2.26. The summed E-state index contributed by atoms with van der Waals surface area (Å²) in [5, 5.41) is 65.6. The number of carbonyl (C=O) groups excluding carboxylic acids is 1. The predicted octanol–water partition coefficient (Wildman–Crippen LogP) is 3.93. The van der Waals surface area contributed by atoms with E-state index in [9.17, 15) is 35.4 Å². The number of aliphatic hydroxyl groups is 6. The van der Waals surface area contributed by atoms with E-state index in [1.165, 1.54) is 51.4 Å². The van der Waals surface area contributed by atoms with Crippen LogP contribution in [0, 0.1) is 0 Å². The highest BCUT2D eigenvalue weighted by atomic mass is 16.7. The summed E-state index contributed by atoms with van der Waals surface area (Å²) in [6.45, 7) is 1.22. The second-order valence-corrected chi connectivity index (χ2v) is 13.1. The van der Waals surface area contributed by atoms with Crippen LogP contribution < -0.4 is 5.32 Å². The maximum Gasteiger partial charge on any atom is 0.232 e. The third kappa shape index (κ3) is 12.8. The molecule has 0 spiro atoms. The van der Waals surface area contributed by atoms with Gasteiger partial charge in [-0.15, -0.1) is 0 Å². The van der Waals surface area contributed by atoms with Gasteiger partial charge in [0.2, 0.25) is 5.91 Å². The predicted molar refractivity (Wildman–Crippen MR) is 184 cm³/mol. The van der Waals surface area contributed by atoms with Crippen LogP contribution in [0.3, 0.4) is 0 Å². The van der Waals surface area contributed by atoms with Crippen molar-refractivity contribution in [1.29, 1.82) is 0 Å². The number of hydrogen-bond donors (Lipinski definition) is 7. The largest absolute Gasteiger partial charge is 0.394 e. The van der Waals surface area contributed by atoms with Crippen LogP contribution in [-0.4, -0.2) is 98.7 Å². The Balaban J connectivity index is 1.61. The molecule has 4 unspecified atom stereocenters. The molecule has 48 heavy (non-hydrogen) atoms. The number of unbranched alkanes of at least 4 members (excludes halogenated alkanes) is 11. The van der Waals surface area contributed by atoms with Crippen molar-refractivity contribution < 1.29 is 44.9 Å². The van der Waals surface area contributed by atoms with Crippen LogP contribution in [0.4, 0.5) is 0 Å². The second-order valence-electron chi connectivity index (χ2n) is 13.1. The van der Waals surface area contributed by atoms with Crippen molar-refractivity contribution >= 4 is 5.91 Å². The van der Waals surface area contributed by atoms with Crippen molar-refractivity contribution in [3.8, 4) is 0 Å². The minimum Gasteiger partial charge on any atom is -0.394 e. The molecule has 1 aliphatic heterocycles. The van der Waals surface area contributed by atoms with E-state index in [4.69, 9.17) is 9.47 Å². The summed E-state index contributed by atoms with van der Waals surface area (Å²) >= 11 is 0. The van der Waals surface area contributed by atoms with Gasteiger partial charge >= 0.3 is 0 Å². The number of benzene rings is 2. The summed E-state index contributed by atoms with van der Waals surface area (Å²) in [6.07, 6.45) is 4.34. The fourth-order valence-electron chi connectivity index (χ4n) is 6.31. The van der Waals surface area contributed by atoms with Crippen LogP contribution in [-0.2, 0) is 14.3 Å². The Morgan fingerprint density at radius 3 is 1.75 bits per heavy atom. The maximum absolute atomic E-state index is 13.9. The van der Waals surface area contributed by atoms with Gasteiger partial charge in [0.25, 0.3) is 0 Å². The molecule has 1 heterocycles. The van der Waals surface area contributed by atoms with E-state index < -0.39 is 67.4 Å². The third-order valence-electron chi connectivity index (χ3n) is 9.30. The van der Waals surface area contributed by atoms with E-state index in [2.05, 4.69) is 12.2 Å². The molecule has 2 aromatic carbocycles. The van der Waals surface area contributed by atoms with Gasteiger partial charge in [-0.05, 0) is 17.5 Å². The zero-order valence-corrected chi connectivity index (χ0v) is 28.5. The quantitative estimate of drug-likeness (QED) is 0.0865. The first-order valence-corrected chi connectivity index (χ1v) is 18.0. The highest BCUT2D eigenvalue weighted by Gasteiger charge is 2.44. The number of carbonyl (C=O) groups is 1. The lowest BCUT2D eigenvalue weighted by molar-refractivity contribution is -0.303. The molecule has 0 saturated carbocycles. The lowest BCUT2D eigenvalue weighted by Crippen LogP contribution is -2.60. The lowest BCUT2D eigenvalue weighted by atomic mass is 9.90. The lowest BCUT2D eigenvalue weighted by Gasteiger charge is -2.40. The molecule has 1 saturated heterocycles. The Morgan fingerprint density at radius 2 is 1.25 bits per heavy atom. The van der Waals surface area contributed by atoms with Crippen LogP contribution in [0.2, 0.25) is 0 Å². The Kier molecular flexibility index (Phi) is 18.6. The van der Waals surface area contributed by atoms with E-state index in [0.29, 0.717) is 12.8 Å². The molecule has 0 bridgehead atoms. The SMILES string of the molecule is CCCCCCCCCCCCCC[C@@H](O)[C@@H](O)[C@H](COC1OC(CO)C(O)C(O)[C@@H]1O)NC(=O)C(c1ccccc1)c1ccccc1. The third-order valence-corrected chi connectivity index (χ3v) is 9.30. The van der Waals surface area contributed by atoms with Crippen molar-refractivity contribution in [2.24, 2.45) is 0 Å². The number of nitrogens with one attached hydrogen (secondary N) is 1. The van der Waals surface area contributed by atoms with E-state index in [-0.39, 0.29) is 6.61 Å². The number of ether oxygens (including phenoxy) is 2. The molecule has 3 rings (SSSR count). The van der Waals surface area contributed by atoms with Crippen LogP contribution in [0.1, 0.15) is 107 Å². The van der Waals surface area contributed by atoms with Crippen molar-refractivity contribution in [2.75, 3.05) is 13.2 Å². The molecule has 0 aliphatic carbocycles. The van der Waals surface area contributed by atoms with Crippen molar-refractivity contribution in [2.45, 2.75) is 145 Å². The van der Waals surface area contributed by atoms with Gasteiger partial charge in [0.1, 0.15) is 30.5 Å². The molecule has 1 aliphatic rings. The Labute approximate surface area is 286 Å². The van der Waals surface area contributed by atoms with Crippen LogP contribution in [0.25, 0.3) is 0 Å². The molecule has 2 aromatic rings. The molecular formula is C38H59NO9. The zero-order valence-electron chi connectivity index (χ0n) is 28.5. The molecule has 1 amide bonds. The van der Waals surface area contributed by atoms with Gasteiger partial charge in [0, 0.05) is 0 Å². The molecule has 7 N–H and O–H groups in total. The second kappa shape index (κ2) is 22.3. The summed E-state index contributed by atoms with van der Waals surface area (Å²) in [7, 11) is 0. The normalized spacial score (nSPS) is 23.1. The maximum atomic E-state index is 13.9. The fraction of sp³-hybridized carbons (Fsp3) is 0.658. The van der Waals surface area contributed by atoms with Crippen molar-refractivity contribution in [3.63, 3.8) is 0 Å². The summed E-state index contributed by atoms with van der Waals surface area (Å²) < 4.78 is 11.2. The molecule has 10 nitrogen and oxygen atoms in total. The Morgan fingerprint density at radius 1 is 0.750 bits per heavy atom. The number of rotatable bonds is 23. The van der Waals surface area contributed by atoms with Gasteiger partial charge in [-0.3, -0.25) is 4.79 Å². The van der Waals surface area contributed by atoms with Crippen LogP contribution >= 0.6 is 0 Å². The van der Waals surface area contributed by atoms with Gasteiger partial charge in [0.05, 0.1) is 31.3 Å². The summed E-state index contributed by atoms with van der Waals surface area (Å²) in [4.78, 5) is 13.9. The summed E-state index contributed by atoms with van der Waals surface area (Å²) in [5.41, 5.74) is 1.47. The molecule has 0 radical (unpaired) electrons. The van der Waals surface area contributed by atoms with Gasteiger partial charge in [-0.2, -0.15) is 0 Å². The number of hydrogen-bond acceptors (Lipinski definition) is 9. The van der Waals surface area contributed by atoms with E-state index in [0.717, 1.165) is 30.4 Å². The van der Waals surface area contributed by atoms with Gasteiger partial charge in [-0.1, -0.05) is 145 Å². The topological polar surface area (TPSA) is 169 Å². The minimum absolute atomic E-state index is 0.325. The first kappa shape index (κ1) is 40.0. The first-order valence-electron chi connectivity index (χ1n) is 18.0. The molecule has 0 aromatic heterocycles. The van der Waals surface area contributed by atoms with E-state index in [1.807, 2.05) is 60.7 Å². The Bertz CT molecular complexity index is 1080. The summed E-state index contributed by atoms with van der Waals surface area (Å²) in [6, 6.07) is 17.3. The van der Waals surface area contributed by atoms with E-state index in [1.54, 1.807) is 0 Å². The average molecular weight is 674 g/mol. The minimum atomic E-state index is -1.65. The average Bonchev–Trinajstić information content (AvgIpc) is 3.10. The Hall–Kier alpha value is -2.41. The van der Waals surface area contributed by atoms with Gasteiger partial charge < -0.3 is 45.4 Å². The van der Waals surface area contributed by atoms with Gasteiger partial charge in [0.15, 0.2) is 6.29 Å². The van der Waals surface area contributed by atoms with E-state index >= 15 is 0 Å². The molecule has 10 heteroatoms. The number of amides is 1. The standard InChI is InChI=1S/C38H59NO9/c1-2-3-4-5-6-7-8-9-10-11-12-19-24-30(41)33(42)29(26-47-38-36(45)35(44)34(43)31(25-40)48-38)39-37(46)32(27-20-15-13-16-21-27)28-22-17-14-18-23-28/h13-18,20-23,29-36,38,40-45H,2-12,19,24-26H2,1H3,(H,39,46)/t29-,30+,31?,33-,34?,35?,36-,38?/m0/s1. The molecule has 270 valence electrons. The monoisotopic (exact) mass is 673 g/mol. The fourth-order valence-corrected chi connectivity index (χ4v) is 6.31. The molecular weight excluding hydrogens is 614 g/mol.